The maximum atomic E-state index is 13.8. The second-order valence-electron chi connectivity index (χ2n) is 11.8. The summed E-state index contributed by atoms with van der Waals surface area (Å²) in [4.78, 5) is 55.1. The van der Waals surface area contributed by atoms with Crippen LogP contribution in [-0.2, 0) is 36.9 Å². The van der Waals surface area contributed by atoms with Gasteiger partial charge >= 0.3 is 6.03 Å². The summed E-state index contributed by atoms with van der Waals surface area (Å²) in [5.74, 6) is -1.81. The number of aryl methyl sites for hydroxylation is 1. The van der Waals surface area contributed by atoms with Gasteiger partial charge in [-0.1, -0.05) is 92.8 Å². The quantitative estimate of drug-likeness (QED) is 0.266. The van der Waals surface area contributed by atoms with E-state index < -0.39 is 23.5 Å². The van der Waals surface area contributed by atoms with E-state index in [0.717, 1.165) is 36.8 Å². The Morgan fingerprint density at radius 2 is 1.53 bits per heavy atom. The predicted octanol–water partition coefficient (Wildman–Crippen LogP) is 5.32. The van der Waals surface area contributed by atoms with Gasteiger partial charge in [0.1, 0.15) is 0 Å². The molecule has 2 atom stereocenters. The lowest BCUT2D eigenvalue weighted by atomic mass is 9.82. The first-order valence-electron chi connectivity index (χ1n) is 15.9. The molecule has 2 fully saturated rings. The number of benzene rings is 2. The summed E-state index contributed by atoms with van der Waals surface area (Å²) in [6.07, 6.45) is 7.27. The van der Waals surface area contributed by atoms with Crippen molar-refractivity contribution in [2.75, 3.05) is 32.9 Å². The highest BCUT2D eigenvalue weighted by molar-refractivity contribution is 6.38. The van der Waals surface area contributed by atoms with E-state index in [2.05, 4.69) is 5.32 Å². The number of ether oxygens (including phenoxy) is 2. The first-order chi connectivity index (χ1) is 21.0. The van der Waals surface area contributed by atoms with Gasteiger partial charge in [-0.3, -0.25) is 14.4 Å². The number of hydrogen-bond donors (Lipinski definition) is 1. The molecule has 1 unspecified atom stereocenters. The normalized spacial score (nSPS) is 17.2. The molecule has 1 N–H and O–H groups in total. The number of amides is 2. The summed E-state index contributed by atoms with van der Waals surface area (Å²) in [6, 6.07) is 18.5. The zero-order valence-corrected chi connectivity index (χ0v) is 25.2. The van der Waals surface area contributed by atoms with Gasteiger partial charge < -0.3 is 19.7 Å². The summed E-state index contributed by atoms with van der Waals surface area (Å²) < 4.78 is 11.3. The fourth-order valence-corrected chi connectivity index (χ4v) is 5.99. The van der Waals surface area contributed by atoms with Crippen molar-refractivity contribution in [3.63, 3.8) is 0 Å². The fraction of sp³-hybridized carbons (Fsp3) is 0.543. The van der Waals surface area contributed by atoms with E-state index in [0.29, 0.717) is 51.5 Å². The highest BCUT2D eigenvalue weighted by Crippen LogP contribution is 2.28. The molecule has 4 rings (SSSR count). The number of nitrogens with one attached hydrogen (secondary N) is 1. The Hall–Kier alpha value is -3.36. The average Bonchev–Trinajstić information content (AvgIpc) is 3.05. The van der Waals surface area contributed by atoms with Crippen LogP contribution >= 0.6 is 0 Å². The lowest BCUT2D eigenvalue weighted by Gasteiger charge is -2.31. The van der Waals surface area contributed by atoms with Gasteiger partial charge in [0, 0.05) is 25.9 Å². The molecule has 0 bridgehead atoms. The van der Waals surface area contributed by atoms with Crippen molar-refractivity contribution in [3.8, 4) is 0 Å². The van der Waals surface area contributed by atoms with Gasteiger partial charge in [-0.15, -0.1) is 0 Å². The minimum absolute atomic E-state index is 0.0303. The minimum atomic E-state index is -0.894. The van der Waals surface area contributed by atoms with E-state index >= 15 is 0 Å². The standard InChI is InChI=1S/C35H46N2O6/c38-32(18-10-17-27-11-4-1-5-12-27)34(40)30(26-43-25-29-15-8-3-9-16-29)24-33(39)31(23-28-13-6-2-7-14-28)36-35(41)37-19-21-42-22-20-37/h1,3-5,8-9,11-12,15-16,28,30-31H,2,6-7,10,13-14,17-26H2,(H,36,41)/t30?,31-/m0/s1. The summed E-state index contributed by atoms with van der Waals surface area (Å²) in [5, 5.41) is 2.99. The maximum Gasteiger partial charge on any atom is 0.318 e. The molecule has 2 aromatic rings. The molecule has 232 valence electrons. The van der Waals surface area contributed by atoms with Gasteiger partial charge in [-0.2, -0.15) is 0 Å². The highest BCUT2D eigenvalue weighted by atomic mass is 16.5. The molecular formula is C35H46N2O6. The fourth-order valence-electron chi connectivity index (χ4n) is 5.99. The summed E-state index contributed by atoms with van der Waals surface area (Å²) >= 11 is 0. The van der Waals surface area contributed by atoms with Crippen LogP contribution in [0.2, 0.25) is 0 Å². The smallest absolute Gasteiger partial charge is 0.318 e. The molecule has 1 saturated heterocycles. The van der Waals surface area contributed by atoms with E-state index in [4.69, 9.17) is 9.47 Å². The third-order valence-electron chi connectivity index (χ3n) is 8.51. The van der Waals surface area contributed by atoms with Crippen LogP contribution in [0, 0.1) is 11.8 Å². The number of nitrogens with zero attached hydrogens (tertiary/aromatic N) is 1. The van der Waals surface area contributed by atoms with E-state index in [1.54, 1.807) is 4.90 Å². The van der Waals surface area contributed by atoms with Gasteiger partial charge in [0.25, 0.3) is 0 Å². The molecule has 0 spiro atoms. The summed E-state index contributed by atoms with van der Waals surface area (Å²) in [7, 11) is 0. The average molecular weight is 591 g/mol. The van der Waals surface area contributed by atoms with Crippen LogP contribution in [0.15, 0.2) is 60.7 Å². The van der Waals surface area contributed by atoms with Crippen LogP contribution in [0.5, 0.6) is 0 Å². The molecule has 1 aliphatic heterocycles. The number of Topliss-reactive ketones (excluding diaryl/α,β-unsaturated/α-hetero) is 3. The van der Waals surface area contributed by atoms with E-state index in [1.165, 1.54) is 6.42 Å². The van der Waals surface area contributed by atoms with E-state index in [9.17, 15) is 19.2 Å². The lowest BCUT2D eigenvalue weighted by molar-refractivity contribution is -0.141. The van der Waals surface area contributed by atoms with Gasteiger partial charge in [0.2, 0.25) is 5.78 Å². The van der Waals surface area contributed by atoms with E-state index in [1.807, 2.05) is 60.7 Å². The molecule has 2 aromatic carbocycles. The Morgan fingerprint density at radius 1 is 0.884 bits per heavy atom. The first kappa shape index (κ1) is 32.6. The largest absolute Gasteiger partial charge is 0.378 e. The number of urea groups is 1. The maximum absolute atomic E-state index is 13.8. The van der Waals surface area contributed by atoms with E-state index in [-0.39, 0.29) is 37.9 Å². The number of hydrogen-bond acceptors (Lipinski definition) is 6. The minimum Gasteiger partial charge on any atom is -0.378 e. The summed E-state index contributed by atoms with van der Waals surface area (Å²) in [6.45, 7) is 2.13. The molecule has 1 heterocycles. The molecule has 0 radical (unpaired) electrons. The molecular weight excluding hydrogens is 544 g/mol. The zero-order chi connectivity index (χ0) is 30.3. The Kier molecular flexibility index (Phi) is 13.4. The Morgan fingerprint density at radius 3 is 2.21 bits per heavy atom. The third-order valence-corrected chi connectivity index (χ3v) is 8.51. The number of carbonyl (C=O) groups is 4. The first-order valence-corrected chi connectivity index (χ1v) is 15.9. The third kappa shape index (κ3) is 11.0. The van der Waals surface area contributed by atoms with Crippen molar-refractivity contribution in [3.05, 3.63) is 71.8 Å². The Labute approximate surface area is 255 Å². The number of morpholine rings is 1. The molecule has 8 nitrogen and oxygen atoms in total. The number of ketones is 3. The lowest BCUT2D eigenvalue weighted by Crippen LogP contribution is -2.52. The topological polar surface area (TPSA) is 102 Å². The van der Waals surface area contributed by atoms with Crippen molar-refractivity contribution in [2.24, 2.45) is 11.8 Å². The SMILES string of the molecule is O=C(CCCc1ccccc1)C(=O)C(COCc1ccccc1)CC(=O)[C@H](CC1CCCCC1)NC(=O)N1CCOCC1. The van der Waals surface area contributed by atoms with Gasteiger partial charge in [0.15, 0.2) is 11.6 Å². The molecule has 2 amide bonds. The number of rotatable bonds is 16. The molecule has 0 aromatic heterocycles. The van der Waals surface area contributed by atoms with Crippen LogP contribution in [0.4, 0.5) is 4.79 Å². The van der Waals surface area contributed by atoms with Crippen LogP contribution in [-0.4, -0.2) is 67.2 Å². The van der Waals surface area contributed by atoms with Crippen molar-refractivity contribution < 1.29 is 28.7 Å². The van der Waals surface area contributed by atoms with Crippen LogP contribution in [0.3, 0.4) is 0 Å². The Bertz CT molecular complexity index is 1160. The molecule has 1 aliphatic carbocycles. The number of carbonyl (C=O) groups excluding carboxylic acids is 4. The molecule has 8 heteroatoms. The summed E-state index contributed by atoms with van der Waals surface area (Å²) in [5.41, 5.74) is 2.06. The van der Waals surface area contributed by atoms with Gasteiger partial charge in [-0.25, -0.2) is 4.79 Å². The zero-order valence-electron chi connectivity index (χ0n) is 25.2. The molecule has 1 saturated carbocycles. The van der Waals surface area contributed by atoms with Crippen molar-refractivity contribution in [2.45, 2.75) is 76.9 Å². The molecule has 43 heavy (non-hydrogen) atoms. The Balaban J connectivity index is 1.42. The molecule has 2 aliphatic rings. The monoisotopic (exact) mass is 590 g/mol. The van der Waals surface area contributed by atoms with Crippen LogP contribution in [0.1, 0.15) is 68.9 Å². The van der Waals surface area contributed by atoms with Crippen molar-refractivity contribution in [1.82, 2.24) is 10.2 Å². The second-order valence-corrected chi connectivity index (χ2v) is 11.8. The van der Waals surface area contributed by atoms with Crippen LogP contribution < -0.4 is 5.32 Å². The van der Waals surface area contributed by atoms with Crippen molar-refractivity contribution in [1.29, 1.82) is 0 Å². The highest BCUT2D eigenvalue weighted by Gasteiger charge is 2.33. The van der Waals surface area contributed by atoms with Crippen LogP contribution in [0.25, 0.3) is 0 Å². The van der Waals surface area contributed by atoms with Gasteiger partial charge in [-0.05, 0) is 36.3 Å². The van der Waals surface area contributed by atoms with Crippen molar-refractivity contribution >= 4 is 23.4 Å². The second kappa shape index (κ2) is 17.7. The predicted molar refractivity (Wildman–Crippen MR) is 165 cm³/mol. The van der Waals surface area contributed by atoms with Gasteiger partial charge in [0.05, 0.1) is 38.4 Å².